The quantitative estimate of drug-likeness (QED) is 0.811. The third-order valence-corrected chi connectivity index (χ3v) is 3.31. The highest BCUT2D eigenvalue weighted by Gasteiger charge is 2.07. The summed E-state index contributed by atoms with van der Waals surface area (Å²) in [6, 6.07) is 8.40. The first-order valence-electron chi connectivity index (χ1n) is 7.12. The van der Waals surface area contributed by atoms with Gasteiger partial charge < -0.3 is 19.4 Å². The normalized spacial score (nSPS) is 12.1. The number of methoxy groups -OCH3 is 2. The van der Waals surface area contributed by atoms with Gasteiger partial charge in [0, 0.05) is 32.1 Å². The number of nitrogens with one attached hydrogen (secondary N) is 1. The molecular formula is C16H23N3O2. The van der Waals surface area contributed by atoms with Gasteiger partial charge in [-0.3, -0.25) is 0 Å². The van der Waals surface area contributed by atoms with Gasteiger partial charge in [0.1, 0.15) is 5.75 Å². The van der Waals surface area contributed by atoms with Gasteiger partial charge in [-0.15, -0.1) is 0 Å². The summed E-state index contributed by atoms with van der Waals surface area (Å²) in [6.45, 7) is 3.62. The van der Waals surface area contributed by atoms with Crippen molar-refractivity contribution in [3.63, 3.8) is 0 Å². The number of nitrogens with zero attached hydrogens (tertiary/aromatic N) is 2. The Morgan fingerprint density at radius 2 is 2.00 bits per heavy atom. The van der Waals surface area contributed by atoms with E-state index in [0.29, 0.717) is 6.61 Å². The van der Waals surface area contributed by atoms with Gasteiger partial charge in [0.15, 0.2) is 0 Å². The molecule has 0 fully saturated rings. The Morgan fingerprint density at radius 3 is 2.67 bits per heavy atom. The number of aryl methyl sites for hydroxylation is 2. The van der Waals surface area contributed by atoms with E-state index in [9.17, 15) is 0 Å². The van der Waals surface area contributed by atoms with E-state index in [4.69, 9.17) is 9.47 Å². The van der Waals surface area contributed by atoms with Crippen LogP contribution in [0.15, 0.2) is 36.7 Å². The number of anilines is 1. The van der Waals surface area contributed by atoms with E-state index in [1.165, 1.54) is 5.56 Å². The Kier molecular flexibility index (Phi) is 5.63. The van der Waals surface area contributed by atoms with Gasteiger partial charge in [0.2, 0.25) is 5.95 Å². The lowest BCUT2D eigenvalue weighted by molar-refractivity contribution is 0.190. The largest absolute Gasteiger partial charge is 0.497 e. The van der Waals surface area contributed by atoms with Crippen molar-refractivity contribution in [2.24, 2.45) is 0 Å². The number of ether oxygens (including phenoxy) is 2. The van der Waals surface area contributed by atoms with Crippen molar-refractivity contribution in [2.45, 2.75) is 25.9 Å². The molecule has 0 radical (unpaired) electrons. The Labute approximate surface area is 125 Å². The second-order valence-electron chi connectivity index (χ2n) is 5.04. The van der Waals surface area contributed by atoms with Crippen molar-refractivity contribution < 1.29 is 9.47 Å². The van der Waals surface area contributed by atoms with Gasteiger partial charge in [0.25, 0.3) is 0 Å². The van der Waals surface area contributed by atoms with Crippen LogP contribution in [0.5, 0.6) is 5.75 Å². The molecule has 114 valence electrons. The average molecular weight is 289 g/mol. The molecule has 1 N–H and O–H groups in total. The van der Waals surface area contributed by atoms with Gasteiger partial charge >= 0.3 is 0 Å². The van der Waals surface area contributed by atoms with E-state index in [1.54, 1.807) is 14.2 Å². The summed E-state index contributed by atoms with van der Waals surface area (Å²) in [5.74, 6) is 1.77. The number of rotatable bonds is 8. The molecule has 0 amide bonds. The smallest absolute Gasteiger partial charge is 0.203 e. The van der Waals surface area contributed by atoms with Gasteiger partial charge in [0.05, 0.1) is 13.7 Å². The van der Waals surface area contributed by atoms with Crippen LogP contribution in [-0.2, 0) is 17.7 Å². The minimum Gasteiger partial charge on any atom is -0.497 e. The van der Waals surface area contributed by atoms with E-state index in [-0.39, 0.29) is 6.04 Å². The van der Waals surface area contributed by atoms with Gasteiger partial charge in [-0.25, -0.2) is 4.98 Å². The SMILES string of the molecule is COCC(C)Nc1nccn1CCc1ccc(OC)cc1. The maximum absolute atomic E-state index is 5.17. The zero-order valence-corrected chi connectivity index (χ0v) is 12.9. The standard InChI is InChI=1S/C16H23N3O2/c1-13(12-20-2)18-16-17-9-11-19(16)10-8-14-4-6-15(21-3)7-5-14/h4-7,9,11,13H,8,10,12H2,1-3H3,(H,17,18). The molecule has 1 unspecified atom stereocenters. The Morgan fingerprint density at radius 1 is 1.24 bits per heavy atom. The van der Waals surface area contributed by atoms with E-state index in [2.05, 4.69) is 33.9 Å². The lowest BCUT2D eigenvalue weighted by Gasteiger charge is -2.15. The molecule has 2 aromatic rings. The van der Waals surface area contributed by atoms with Crippen molar-refractivity contribution >= 4 is 5.95 Å². The molecule has 1 aromatic carbocycles. The molecule has 1 heterocycles. The predicted octanol–water partition coefficient (Wildman–Crippen LogP) is 2.58. The number of hydrogen-bond donors (Lipinski definition) is 1. The minimum absolute atomic E-state index is 0.233. The summed E-state index contributed by atoms with van der Waals surface area (Å²) in [7, 11) is 3.38. The molecule has 0 saturated heterocycles. The molecular weight excluding hydrogens is 266 g/mol. The highest BCUT2D eigenvalue weighted by atomic mass is 16.5. The number of imidazole rings is 1. The lowest BCUT2D eigenvalue weighted by Crippen LogP contribution is -2.23. The second-order valence-corrected chi connectivity index (χ2v) is 5.04. The zero-order valence-electron chi connectivity index (χ0n) is 12.9. The fourth-order valence-corrected chi connectivity index (χ4v) is 2.18. The van der Waals surface area contributed by atoms with Crippen molar-refractivity contribution in [2.75, 3.05) is 26.1 Å². The van der Waals surface area contributed by atoms with Crippen molar-refractivity contribution in [1.29, 1.82) is 0 Å². The van der Waals surface area contributed by atoms with Crippen LogP contribution < -0.4 is 10.1 Å². The summed E-state index contributed by atoms with van der Waals surface area (Å²) < 4.78 is 12.4. The summed E-state index contributed by atoms with van der Waals surface area (Å²) in [6.07, 6.45) is 4.76. The first-order chi connectivity index (χ1) is 10.2. The van der Waals surface area contributed by atoms with Crippen molar-refractivity contribution in [1.82, 2.24) is 9.55 Å². The highest BCUT2D eigenvalue weighted by Crippen LogP contribution is 2.13. The molecule has 0 aliphatic rings. The molecule has 5 heteroatoms. The average Bonchev–Trinajstić information content (AvgIpc) is 2.93. The van der Waals surface area contributed by atoms with Crippen LogP contribution in [0.3, 0.4) is 0 Å². The van der Waals surface area contributed by atoms with Gasteiger partial charge in [-0.2, -0.15) is 0 Å². The van der Waals surface area contributed by atoms with Crippen LogP contribution in [0.1, 0.15) is 12.5 Å². The third kappa shape index (κ3) is 4.49. The predicted molar refractivity (Wildman–Crippen MR) is 83.9 cm³/mol. The summed E-state index contributed by atoms with van der Waals surface area (Å²) in [5.41, 5.74) is 1.28. The Bertz CT molecular complexity index is 537. The number of hydrogen-bond acceptors (Lipinski definition) is 4. The molecule has 21 heavy (non-hydrogen) atoms. The molecule has 0 bridgehead atoms. The number of benzene rings is 1. The van der Waals surface area contributed by atoms with E-state index in [0.717, 1.165) is 24.7 Å². The van der Waals surface area contributed by atoms with Crippen LogP contribution >= 0.6 is 0 Å². The molecule has 0 saturated carbocycles. The van der Waals surface area contributed by atoms with Crippen molar-refractivity contribution in [3.8, 4) is 5.75 Å². The number of aromatic nitrogens is 2. The topological polar surface area (TPSA) is 48.3 Å². The Hall–Kier alpha value is -2.01. The van der Waals surface area contributed by atoms with Crippen LogP contribution in [0.4, 0.5) is 5.95 Å². The van der Waals surface area contributed by atoms with Gasteiger partial charge in [-0.1, -0.05) is 12.1 Å². The molecule has 0 aliphatic carbocycles. The van der Waals surface area contributed by atoms with E-state index < -0.39 is 0 Å². The molecule has 1 atom stereocenters. The highest BCUT2D eigenvalue weighted by molar-refractivity contribution is 5.29. The summed E-state index contributed by atoms with van der Waals surface area (Å²) >= 11 is 0. The van der Waals surface area contributed by atoms with Crippen LogP contribution in [0.25, 0.3) is 0 Å². The maximum atomic E-state index is 5.17. The molecule has 0 spiro atoms. The van der Waals surface area contributed by atoms with Crippen molar-refractivity contribution in [3.05, 3.63) is 42.2 Å². The molecule has 1 aromatic heterocycles. The second kappa shape index (κ2) is 7.69. The fourth-order valence-electron chi connectivity index (χ4n) is 2.18. The third-order valence-electron chi connectivity index (χ3n) is 3.31. The minimum atomic E-state index is 0.233. The maximum Gasteiger partial charge on any atom is 0.203 e. The summed E-state index contributed by atoms with van der Waals surface area (Å²) in [4.78, 5) is 4.35. The monoisotopic (exact) mass is 289 g/mol. The van der Waals surface area contributed by atoms with E-state index >= 15 is 0 Å². The molecule has 5 nitrogen and oxygen atoms in total. The van der Waals surface area contributed by atoms with E-state index in [1.807, 2.05) is 24.5 Å². The fraction of sp³-hybridized carbons (Fsp3) is 0.438. The van der Waals surface area contributed by atoms with Crippen LogP contribution in [-0.4, -0.2) is 36.4 Å². The zero-order chi connectivity index (χ0) is 15.1. The summed E-state index contributed by atoms with van der Waals surface area (Å²) in [5, 5.41) is 3.35. The lowest BCUT2D eigenvalue weighted by atomic mass is 10.1. The van der Waals surface area contributed by atoms with Crippen LogP contribution in [0.2, 0.25) is 0 Å². The molecule has 0 aliphatic heterocycles. The van der Waals surface area contributed by atoms with Gasteiger partial charge in [-0.05, 0) is 31.0 Å². The Balaban J connectivity index is 1.92. The first kappa shape index (κ1) is 15.4. The first-order valence-corrected chi connectivity index (χ1v) is 7.12. The van der Waals surface area contributed by atoms with Crippen LogP contribution in [0, 0.1) is 0 Å². The molecule has 2 rings (SSSR count).